The third kappa shape index (κ3) is 4.58. The molecule has 1 aromatic rings. The second-order valence-corrected chi connectivity index (χ2v) is 7.29. The third-order valence-corrected chi connectivity index (χ3v) is 5.46. The number of piperidine rings is 1. The lowest BCUT2D eigenvalue weighted by molar-refractivity contribution is -0.117. The Balaban J connectivity index is 2.18. The molecule has 0 radical (unpaired) electrons. The number of carbonyl (C=O) groups is 3. The summed E-state index contributed by atoms with van der Waals surface area (Å²) in [4.78, 5) is 38.7. The van der Waals surface area contributed by atoms with E-state index in [4.69, 9.17) is 9.47 Å². The molecule has 0 spiro atoms. The van der Waals surface area contributed by atoms with E-state index in [2.05, 4.69) is 17.1 Å². The molecule has 138 valence electrons. The van der Waals surface area contributed by atoms with Crippen LogP contribution in [0.25, 0.3) is 0 Å². The molecule has 1 aromatic heterocycles. The molecule has 1 atom stereocenters. The van der Waals surface area contributed by atoms with E-state index < -0.39 is 11.9 Å². The number of hydrogen-bond donors (Lipinski definition) is 1. The number of ether oxygens (including phenoxy) is 2. The van der Waals surface area contributed by atoms with Gasteiger partial charge in [-0.15, -0.1) is 11.3 Å². The van der Waals surface area contributed by atoms with E-state index >= 15 is 0 Å². The van der Waals surface area contributed by atoms with Crippen molar-refractivity contribution in [1.29, 1.82) is 0 Å². The summed E-state index contributed by atoms with van der Waals surface area (Å²) in [5, 5.41) is 3.08. The lowest BCUT2D eigenvalue weighted by Crippen LogP contribution is -2.39. The van der Waals surface area contributed by atoms with Gasteiger partial charge in [0.05, 0.1) is 26.3 Å². The van der Waals surface area contributed by atoms with Gasteiger partial charge in [0.25, 0.3) is 0 Å². The number of likely N-dealkylation sites (tertiary alicyclic amines) is 1. The van der Waals surface area contributed by atoms with E-state index in [-0.39, 0.29) is 22.9 Å². The van der Waals surface area contributed by atoms with Gasteiger partial charge in [-0.25, -0.2) is 9.59 Å². The molecule has 2 heterocycles. The summed E-state index contributed by atoms with van der Waals surface area (Å²) in [7, 11) is 2.53. The van der Waals surface area contributed by atoms with Gasteiger partial charge in [-0.1, -0.05) is 6.92 Å². The van der Waals surface area contributed by atoms with Crippen molar-refractivity contribution in [3.05, 3.63) is 16.0 Å². The number of anilines is 1. The van der Waals surface area contributed by atoms with E-state index in [1.807, 2.05) is 0 Å². The quantitative estimate of drug-likeness (QED) is 0.803. The third-order valence-electron chi connectivity index (χ3n) is 4.27. The average molecular weight is 368 g/mol. The van der Waals surface area contributed by atoms with E-state index in [1.54, 1.807) is 6.92 Å². The highest BCUT2D eigenvalue weighted by Gasteiger charge is 2.27. The second kappa shape index (κ2) is 8.44. The predicted octanol–water partition coefficient (Wildman–Crippen LogP) is 2.30. The summed E-state index contributed by atoms with van der Waals surface area (Å²) in [6.45, 7) is 5.84. The van der Waals surface area contributed by atoms with Gasteiger partial charge in [-0.05, 0) is 37.8 Å². The van der Waals surface area contributed by atoms with Crippen LogP contribution in [0.15, 0.2) is 0 Å². The Bertz CT molecular complexity index is 670. The van der Waals surface area contributed by atoms with Gasteiger partial charge < -0.3 is 14.8 Å². The van der Waals surface area contributed by atoms with Gasteiger partial charge in [-0.2, -0.15) is 0 Å². The summed E-state index contributed by atoms with van der Waals surface area (Å²) in [5.41, 5.74) is 0.652. The average Bonchev–Trinajstić information content (AvgIpc) is 2.89. The molecule has 0 saturated carbocycles. The van der Waals surface area contributed by atoms with E-state index in [9.17, 15) is 14.4 Å². The Hall–Kier alpha value is -1.93. The summed E-state index contributed by atoms with van der Waals surface area (Å²) in [6, 6.07) is 0. The maximum absolute atomic E-state index is 12.4. The monoisotopic (exact) mass is 368 g/mol. The minimum Gasteiger partial charge on any atom is -0.465 e. The van der Waals surface area contributed by atoms with Crippen molar-refractivity contribution >= 4 is 34.2 Å². The fourth-order valence-electron chi connectivity index (χ4n) is 3.04. The predicted molar refractivity (Wildman–Crippen MR) is 95.2 cm³/mol. The number of amides is 1. The molecule has 2 rings (SSSR count). The van der Waals surface area contributed by atoms with Crippen LogP contribution in [-0.2, 0) is 14.3 Å². The van der Waals surface area contributed by atoms with Gasteiger partial charge in [0.1, 0.15) is 9.88 Å². The van der Waals surface area contributed by atoms with Crippen LogP contribution >= 0.6 is 11.3 Å². The Labute approximate surface area is 151 Å². The molecule has 1 saturated heterocycles. The van der Waals surface area contributed by atoms with Crippen molar-refractivity contribution < 1.29 is 23.9 Å². The van der Waals surface area contributed by atoms with Crippen LogP contribution in [-0.4, -0.2) is 56.6 Å². The van der Waals surface area contributed by atoms with Crippen molar-refractivity contribution in [3.8, 4) is 0 Å². The lowest BCUT2D eigenvalue weighted by atomic mass is 10.0. The van der Waals surface area contributed by atoms with Crippen molar-refractivity contribution in [2.75, 3.05) is 39.2 Å². The molecular formula is C17H24N2O5S. The molecular weight excluding hydrogens is 344 g/mol. The molecule has 1 aliphatic heterocycles. The fraction of sp³-hybridized carbons (Fsp3) is 0.588. The van der Waals surface area contributed by atoms with Gasteiger partial charge in [0.15, 0.2) is 0 Å². The minimum atomic E-state index is -0.592. The van der Waals surface area contributed by atoms with Gasteiger partial charge in [0.2, 0.25) is 5.91 Å². The van der Waals surface area contributed by atoms with Crippen molar-refractivity contribution in [2.24, 2.45) is 5.92 Å². The smallest absolute Gasteiger partial charge is 0.348 e. The number of nitrogens with one attached hydrogen (secondary N) is 1. The zero-order chi connectivity index (χ0) is 18.6. The maximum atomic E-state index is 12.4. The Morgan fingerprint density at radius 2 is 1.92 bits per heavy atom. The molecule has 0 bridgehead atoms. The first-order valence-electron chi connectivity index (χ1n) is 8.19. The fourth-order valence-corrected chi connectivity index (χ4v) is 4.17. The molecule has 1 fully saturated rings. The van der Waals surface area contributed by atoms with Crippen LogP contribution in [0.1, 0.15) is 45.4 Å². The second-order valence-electron chi connectivity index (χ2n) is 6.27. The normalized spacial score (nSPS) is 17.8. The molecule has 1 aliphatic rings. The number of methoxy groups -OCH3 is 2. The summed E-state index contributed by atoms with van der Waals surface area (Å²) < 4.78 is 9.52. The highest BCUT2D eigenvalue weighted by molar-refractivity contribution is 7.18. The number of esters is 2. The number of hydrogen-bond acceptors (Lipinski definition) is 7. The minimum absolute atomic E-state index is 0.202. The van der Waals surface area contributed by atoms with E-state index in [0.29, 0.717) is 16.5 Å². The first-order valence-corrected chi connectivity index (χ1v) is 9.01. The first-order chi connectivity index (χ1) is 11.9. The molecule has 25 heavy (non-hydrogen) atoms. The van der Waals surface area contributed by atoms with Crippen molar-refractivity contribution in [1.82, 2.24) is 4.90 Å². The Morgan fingerprint density at radius 3 is 2.52 bits per heavy atom. The first kappa shape index (κ1) is 19.4. The molecule has 7 nitrogen and oxygen atoms in total. The van der Waals surface area contributed by atoms with E-state index in [1.165, 1.54) is 20.6 Å². The van der Waals surface area contributed by atoms with Crippen LogP contribution in [0.2, 0.25) is 0 Å². The van der Waals surface area contributed by atoms with Crippen LogP contribution in [0.3, 0.4) is 0 Å². The largest absolute Gasteiger partial charge is 0.465 e. The number of carbonyl (C=O) groups excluding carboxylic acids is 3. The van der Waals surface area contributed by atoms with Crippen molar-refractivity contribution in [3.63, 3.8) is 0 Å². The van der Waals surface area contributed by atoms with E-state index in [0.717, 1.165) is 30.8 Å². The highest BCUT2D eigenvalue weighted by atomic mass is 32.1. The Kier molecular flexibility index (Phi) is 6.55. The number of thiophene rings is 1. The molecule has 0 aliphatic carbocycles. The van der Waals surface area contributed by atoms with Crippen LogP contribution < -0.4 is 5.32 Å². The maximum Gasteiger partial charge on any atom is 0.348 e. The molecule has 8 heteroatoms. The number of nitrogens with zero attached hydrogens (tertiary/aromatic N) is 1. The highest BCUT2D eigenvalue weighted by Crippen LogP contribution is 2.34. The lowest BCUT2D eigenvalue weighted by Gasteiger charge is -2.30. The summed E-state index contributed by atoms with van der Waals surface area (Å²) in [6.07, 6.45) is 2.25. The zero-order valence-electron chi connectivity index (χ0n) is 15.0. The summed E-state index contributed by atoms with van der Waals surface area (Å²) >= 11 is 1.03. The Morgan fingerprint density at radius 1 is 1.24 bits per heavy atom. The standard InChI is InChI=1S/C17H24N2O5S/c1-10-6-5-7-19(8-10)9-12(20)18-15-13(16(21)23-3)11(2)14(25-15)17(22)24-4/h10H,5-9H2,1-4H3,(H,18,20). The molecule has 1 N–H and O–H groups in total. The van der Waals surface area contributed by atoms with Gasteiger partial charge in [-0.3, -0.25) is 9.69 Å². The zero-order valence-corrected chi connectivity index (χ0v) is 15.8. The van der Waals surface area contributed by atoms with Crippen molar-refractivity contribution in [2.45, 2.75) is 26.7 Å². The molecule has 1 unspecified atom stereocenters. The molecule has 0 aromatic carbocycles. The van der Waals surface area contributed by atoms with Crippen LogP contribution in [0.4, 0.5) is 5.00 Å². The molecule has 1 amide bonds. The summed E-state index contributed by atoms with van der Waals surface area (Å²) in [5.74, 6) is -0.775. The topological polar surface area (TPSA) is 84.9 Å². The van der Waals surface area contributed by atoms with Gasteiger partial charge >= 0.3 is 11.9 Å². The van der Waals surface area contributed by atoms with Gasteiger partial charge in [0, 0.05) is 6.54 Å². The van der Waals surface area contributed by atoms with Crippen LogP contribution in [0.5, 0.6) is 0 Å². The SMILES string of the molecule is COC(=O)c1sc(NC(=O)CN2CCCC(C)C2)c(C(=O)OC)c1C. The number of rotatable bonds is 5. The van der Waals surface area contributed by atoms with Crippen LogP contribution in [0, 0.1) is 12.8 Å².